The third-order valence-corrected chi connectivity index (χ3v) is 4.97. The maximum absolute atomic E-state index is 13.6. The van der Waals surface area contributed by atoms with E-state index in [0.29, 0.717) is 6.42 Å². The zero-order valence-corrected chi connectivity index (χ0v) is 14.8. The highest BCUT2D eigenvalue weighted by Gasteiger charge is 2.47. The highest BCUT2D eigenvalue weighted by molar-refractivity contribution is 6.00. The van der Waals surface area contributed by atoms with E-state index in [2.05, 4.69) is 10.4 Å². The van der Waals surface area contributed by atoms with E-state index >= 15 is 0 Å². The lowest BCUT2D eigenvalue weighted by atomic mass is 9.95. The Morgan fingerprint density at radius 1 is 1.35 bits per heavy atom. The number of halogens is 3. The summed E-state index contributed by atoms with van der Waals surface area (Å²) >= 11 is 0. The van der Waals surface area contributed by atoms with Gasteiger partial charge in [-0.15, -0.1) is 0 Å². The lowest BCUT2D eigenvalue weighted by molar-refractivity contribution is -0.173. The Hall–Kier alpha value is -2.31. The number of Topliss-reactive ketones (excluding diaryl/α,β-unsaturated/α-hetero) is 1. The van der Waals surface area contributed by atoms with Crippen LogP contribution in [0.5, 0.6) is 0 Å². The molecule has 2 aromatic rings. The van der Waals surface area contributed by atoms with Crippen molar-refractivity contribution in [3.05, 3.63) is 47.7 Å². The Morgan fingerprint density at radius 2 is 2.04 bits per heavy atom. The molecule has 0 bridgehead atoms. The van der Waals surface area contributed by atoms with Gasteiger partial charge in [0.2, 0.25) is 0 Å². The van der Waals surface area contributed by atoms with Gasteiger partial charge in [0.1, 0.15) is 5.82 Å². The predicted octanol–water partition coefficient (Wildman–Crippen LogP) is 5.16. The van der Waals surface area contributed by atoms with Gasteiger partial charge in [-0.25, -0.2) is 4.68 Å². The van der Waals surface area contributed by atoms with Crippen molar-refractivity contribution in [3.8, 4) is 0 Å². The maximum atomic E-state index is 13.6. The van der Waals surface area contributed by atoms with Crippen LogP contribution in [-0.4, -0.2) is 21.7 Å². The number of benzene rings is 1. The van der Waals surface area contributed by atoms with Crippen molar-refractivity contribution in [2.45, 2.75) is 51.4 Å². The van der Waals surface area contributed by atoms with Gasteiger partial charge in [0, 0.05) is 12.8 Å². The summed E-state index contributed by atoms with van der Waals surface area (Å²) in [5.74, 6) is 0.161. The predicted molar refractivity (Wildman–Crippen MR) is 93.1 cm³/mol. The van der Waals surface area contributed by atoms with Gasteiger partial charge in [-0.2, -0.15) is 18.3 Å². The number of nitrogens with one attached hydrogen (secondary N) is 1. The Balaban J connectivity index is 1.98. The molecule has 0 saturated carbocycles. The number of carbonyl (C=O) groups is 1. The van der Waals surface area contributed by atoms with Crippen molar-refractivity contribution in [1.29, 1.82) is 0 Å². The molecule has 3 rings (SSSR count). The molecule has 1 aliphatic rings. The largest absolute Gasteiger partial charge is 0.410 e. The minimum absolute atomic E-state index is 0.165. The Morgan fingerprint density at radius 3 is 2.65 bits per heavy atom. The second kappa shape index (κ2) is 7.13. The Bertz CT molecular complexity index is 770. The SMILES string of the molecule is CCC(C)CC(=O)c1cnn2c1NC(c1ccccc1)CC2C(F)(F)F. The lowest BCUT2D eigenvalue weighted by Crippen LogP contribution is -2.36. The minimum Gasteiger partial charge on any atom is -0.363 e. The summed E-state index contributed by atoms with van der Waals surface area (Å²) in [6, 6.07) is 6.70. The molecule has 7 heteroatoms. The second-order valence-electron chi connectivity index (χ2n) is 6.89. The monoisotopic (exact) mass is 365 g/mol. The number of fused-ring (bicyclic) bond motifs is 1. The fourth-order valence-corrected chi connectivity index (χ4v) is 3.24. The van der Waals surface area contributed by atoms with Gasteiger partial charge in [0.25, 0.3) is 0 Å². The molecule has 1 aromatic heterocycles. The number of alkyl halides is 3. The molecule has 0 amide bonds. The molecule has 1 aromatic carbocycles. The van der Waals surface area contributed by atoms with E-state index in [4.69, 9.17) is 0 Å². The third kappa shape index (κ3) is 3.61. The van der Waals surface area contributed by atoms with Crippen LogP contribution in [0.2, 0.25) is 0 Å². The summed E-state index contributed by atoms with van der Waals surface area (Å²) in [6.07, 6.45) is -2.21. The summed E-state index contributed by atoms with van der Waals surface area (Å²) < 4.78 is 41.8. The number of aromatic nitrogens is 2. The first-order valence-corrected chi connectivity index (χ1v) is 8.80. The topological polar surface area (TPSA) is 46.9 Å². The number of carbonyl (C=O) groups excluding carboxylic acids is 1. The Kier molecular flexibility index (Phi) is 5.07. The average molecular weight is 365 g/mol. The molecule has 0 fully saturated rings. The van der Waals surface area contributed by atoms with E-state index in [1.807, 2.05) is 19.9 Å². The molecule has 0 radical (unpaired) electrons. The smallest absolute Gasteiger partial charge is 0.363 e. The number of rotatable bonds is 5. The molecule has 0 aliphatic carbocycles. The number of ketones is 1. The molecule has 0 spiro atoms. The molecule has 26 heavy (non-hydrogen) atoms. The zero-order chi connectivity index (χ0) is 18.9. The first kappa shape index (κ1) is 18.5. The van der Waals surface area contributed by atoms with Gasteiger partial charge in [-0.3, -0.25) is 4.79 Å². The van der Waals surface area contributed by atoms with Crippen LogP contribution in [0.3, 0.4) is 0 Å². The zero-order valence-electron chi connectivity index (χ0n) is 14.8. The summed E-state index contributed by atoms with van der Waals surface area (Å²) in [5.41, 5.74) is 0.995. The number of nitrogens with zero attached hydrogens (tertiary/aromatic N) is 2. The molecule has 1 aliphatic heterocycles. The van der Waals surface area contributed by atoms with E-state index in [0.717, 1.165) is 16.7 Å². The number of hydrogen-bond acceptors (Lipinski definition) is 3. The molecule has 3 atom stereocenters. The van der Waals surface area contributed by atoms with Crippen LogP contribution < -0.4 is 5.32 Å². The molecule has 140 valence electrons. The van der Waals surface area contributed by atoms with Gasteiger partial charge < -0.3 is 5.32 Å². The lowest BCUT2D eigenvalue weighted by Gasteiger charge is -2.34. The molecule has 0 saturated heterocycles. The van der Waals surface area contributed by atoms with Crippen LogP contribution in [-0.2, 0) is 0 Å². The van der Waals surface area contributed by atoms with E-state index in [-0.39, 0.29) is 29.5 Å². The summed E-state index contributed by atoms with van der Waals surface area (Å²) in [5, 5.41) is 7.02. The number of hydrogen-bond donors (Lipinski definition) is 1. The molecular formula is C19H22F3N3O. The van der Waals surface area contributed by atoms with Crippen molar-refractivity contribution in [1.82, 2.24) is 9.78 Å². The average Bonchev–Trinajstić information content (AvgIpc) is 3.04. The van der Waals surface area contributed by atoms with E-state index in [1.165, 1.54) is 6.20 Å². The van der Waals surface area contributed by atoms with Gasteiger partial charge in [-0.05, 0) is 11.5 Å². The van der Waals surface area contributed by atoms with Crippen LogP contribution in [0.25, 0.3) is 0 Å². The van der Waals surface area contributed by atoms with Crippen LogP contribution in [0.4, 0.5) is 19.0 Å². The first-order valence-electron chi connectivity index (χ1n) is 8.80. The first-order chi connectivity index (χ1) is 12.3. The standard InChI is InChI=1S/C19H22F3N3O/c1-3-12(2)9-16(26)14-11-23-25-17(19(20,21)22)10-15(24-18(14)25)13-7-5-4-6-8-13/h4-8,11-12,15,17,24H,3,9-10H2,1-2H3. The van der Waals surface area contributed by atoms with Crippen LogP contribution in [0, 0.1) is 5.92 Å². The van der Waals surface area contributed by atoms with Gasteiger partial charge in [-0.1, -0.05) is 50.6 Å². The fraction of sp³-hybridized carbons (Fsp3) is 0.474. The van der Waals surface area contributed by atoms with Crippen LogP contribution in [0.1, 0.15) is 61.1 Å². The van der Waals surface area contributed by atoms with Crippen molar-refractivity contribution < 1.29 is 18.0 Å². The quantitative estimate of drug-likeness (QED) is 0.744. The molecule has 4 nitrogen and oxygen atoms in total. The molecule has 1 N–H and O–H groups in total. The van der Waals surface area contributed by atoms with E-state index in [1.54, 1.807) is 24.3 Å². The summed E-state index contributed by atoms with van der Waals surface area (Å²) in [4.78, 5) is 12.6. The minimum atomic E-state index is -4.44. The van der Waals surface area contributed by atoms with E-state index < -0.39 is 18.3 Å². The van der Waals surface area contributed by atoms with E-state index in [9.17, 15) is 18.0 Å². The molecular weight excluding hydrogens is 343 g/mol. The third-order valence-electron chi connectivity index (χ3n) is 4.97. The maximum Gasteiger partial charge on any atom is 0.410 e. The summed E-state index contributed by atoms with van der Waals surface area (Å²) in [7, 11) is 0. The van der Waals surface area contributed by atoms with Crippen LogP contribution >= 0.6 is 0 Å². The van der Waals surface area contributed by atoms with Crippen LogP contribution in [0.15, 0.2) is 36.5 Å². The molecule has 2 heterocycles. The number of anilines is 1. The van der Waals surface area contributed by atoms with Gasteiger partial charge in [0.05, 0.1) is 17.8 Å². The van der Waals surface area contributed by atoms with Crippen molar-refractivity contribution in [3.63, 3.8) is 0 Å². The highest BCUT2D eigenvalue weighted by atomic mass is 19.4. The van der Waals surface area contributed by atoms with Crippen molar-refractivity contribution >= 4 is 11.6 Å². The fourth-order valence-electron chi connectivity index (χ4n) is 3.24. The summed E-state index contributed by atoms with van der Waals surface area (Å²) in [6.45, 7) is 3.93. The van der Waals surface area contributed by atoms with Gasteiger partial charge >= 0.3 is 6.18 Å². The highest BCUT2D eigenvalue weighted by Crippen LogP contribution is 2.44. The Labute approximate surface area is 150 Å². The van der Waals surface area contributed by atoms with Gasteiger partial charge in [0.15, 0.2) is 11.8 Å². The van der Waals surface area contributed by atoms with Crippen molar-refractivity contribution in [2.24, 2.45) is 5.92 Å². The van der Waals surface area contributed by atoms with Crippen molar-refractivity contribution in [2.75, 3.05) is 5.32 Å². The second-order valence-corrected chi connectivity index (χ2v) is 6.89. The molecule has 3 unspecified atom stereocenters. The normalized spacial score (nSPS) is 21.0.